The summed E-state index contributed by atoms with van der Waals surface area (Å²) in [6.07, 6.45) is 1.38. The number of carbonyl (C=O) groups is 1. The van der Waals surface area contributed by atoms with Gasteiger partial charge in [0.1, 0.15) is 30.1 Å². The number of fused-ring (bicyclic) bond motifs is 5. The maximum atomic E-state index is 11.8. The highest BCUT2D eigenvalue weighted by atomic mass is 16.7. The number of aryl methyl sites for hydroxylation is 1. The van der Waals surface area contributed by atoms with Crippen molar-refractivity contribution in [2.75, 3.05) is 6.61 Å². The summed E-state index contributed by atoms with van der Waals surface area (Å²) in [4.78, 5) is 11.8. The quantitative estimate of drug-likeness (QED) is 0.447. The number of carbonyl (C=O) groups excluding carboxylic acids is 1. The first-order valence-electron chi connectivity index (χ1n) is 12.6. The average Bonchev–Trinajstić information content (AvgIpc) is 3.14. The molecule has 8 nitrogen and oxygen atoms in total. The molecule has 1 saturated heterocycles. The number of aliphatic hydroxyl groups is 3. The Labute approximate surface area is 200 Å². The van der Waals surface area contributed by atoms with Crippen molar-refractivity contribution in [3.8, 4) is 5.75 Å². The molecule has 5 rings (SSSR count). The Balaban J connectivity index is 1.35. The van der Waals surface area contributed by atoms with Crippen LogP contribution < -0.4 is 5.32 Å². The van der Waals surface area contributed by atoms with E-state index in [9.17, 15) is 25.2 Å². The van der Waals surface area contributed by atoms with Gasteiger partial charge in [0.05, 0.1) is 12.7 Å². The van der Waals surface area contributed by atoms with E-state index in [-0.39, 0.29) is 17.4 Å². The molecule has 3 aliphatic carbocycles. The fourth-order valence-electron chi connectivity index (χ4n) is 7.49. The third kappa shape index (κ3) is 3.93. The van der Waals surface area contributed by atoms with Gasteiger partial charge in [-0.1, -0.05) is 13.0 Å². The molecule has 1 amide bonds. The summed E-state index contributed by atoms with van der Waals surface area (Å²) in [5.74, 6) is 1.53. The van der Waals surface area contributed by atoms with Crippen molar-refractivity contribution in [2.24, 2.45) is 17.3 Å². The van der Waals surface area contributed by atoms with Gasteiger partial charge in [-0.2, -0.15) is 0 Å². The van der Waals surface area contributed by atoms with Gasteiger partial charge in [0.2, 0.25) is 5.91 Å². The van der Waals surface area contributed by atoms with Crippen molar-refractivity contribution in [1.82, 2.24) is 5.32 Å². The molecule has 1 aromatic rings. The average molecular weight is 476 g/mol. The van der Waals surface area contributed by atoms with Crippen molar-refractivity contribution >= 4 is 5.91 Å². The zero-order valence-electron chi connectivity index (χ0n) is 19.9. The van der Waals surface area contributed by atoms with Crippen LogP contribution in [0.4, 0.5) is 0 Å². The summed E-state index contributed by atoms with van der Waals surface area (Å²) in [5.41, 5.74) is 2.59. The lowest BCUT2D eigenvalue weighted by Gasteiger charge is -2.51. The van der Waals surface area contributed by atoms with E-state index >= 15 is 0 Å². The Morgan fingerprint density at radius 3 is 2.74 bits per heavy atom. The van der Waals surface area contributed by atoms with Crippen LogP contribution in [0.25, 0.3) is 0 Å². The summed E-state index contributed by atoms with van der Waals surface area (Å²) in [6, 6.07) is 4.90. The summed E-state index contributed by atoms with van der Waals surface area (Å²) >= 11 is 0. The number of aliphatic hydroxyl groups excluding tert-OH is 3. The van der Waals surface area contributed by atoms with Crippen LogP contribution in [0.1, 0.15) is 63.0 Å². The third-order valence-electron chi connectivity index (χ3n) is 9.17. The predicted molar refractivity (Wildman–Crippen MR) is 123 cm³/mol. The topological polar surface area (TPSA) is 128 Å². The number of phenolic OH excluding ortho intramolecular Hbond substituents is 1. The number of hydrogen-bond acceptors (Lipinski definition) is 7. The minimum Gasteiger partial charge on any atom is -0.508 e. The number of amides is 1. The molecule has 0 unspecified atom stereocenters. The molecule has 188 valence electrons. The van der Waals surface area contributed by atoms with Crippen LogP contribution in [0, 0.1) is 17.3 Å². The lowest BCUT2D eigenvalue weighted by Crippen LogP contribution is -2.65. The van der Waals surface area contributed by atoms with E-state index in [4.69, 9.17) is 9.47 Å². The minimum atomic E-state index is -1.31. The molecule has 0 spiro atoms. The van der Waals surface area contributed by atoms with Crippen molar-refractivity contribution in [2.45, 2.75) is 95.0 Å². The molecular weight excluding hydrogens is 438 g/mol. The van der Waals surface area contributed by atoms with Gasteiger partial charge in [-0.15, -0.1) is 0 Å². The smallest absolute Gasteiger partial charge is 0.217 e. The molecule has 0 radical (unpaired) electrons. The molecule has 2 saturated carbocycles. The number of phenols is 1. The van der Waals surface area contributed by atoms with E-state index in [2.05, 4.69) is 18.3 Å². The lowest BCUT2D eigenvalue weighted by molar-refractivity contribution is -0.291. The van der Waals surface area contributed by atoms with E-state index in [0.29, 0.717) is 23.5 Å². The maximum Gasteiger partial charge on any atom is 0.217 e. The van der Waals surface area contributed by atoms with Gasteiger partial charge in [0.15, 0.2) is 6.29 Å². The number of nitrogens with one attached hydrogen (secondary N) is 1. The largest absolute Gasteiger partial charge is 0.508 e. The summed E-state index contributed by atoms with van der Waals surface area (Å²) in [5, 5.41) is 43.2. The van der Waals surface area contributed by atoms with Crippen LogP contribution in [-0.2, 0) is 20.7 Å². The van der Waals surface area contributed by atoms with Crippen molar-refractivity contribution in [1.29, 1.82) is 0 Å². The zero-order chi connectivity index (χ0) is 24.2. The van der Waals surface area contributed by atoms with Crippen LogP contribution in [0.2, 0.25) is 0 Å². The monoisotopic (exact) mass is 475 g/mol. The normalized spacial score (nSPS) is 43.5. The Bertz CT molecular complexity index is 924. The van der Waals surface area contributed by atoms with Gasteiger partial charge in [0, 0.05) is 6.92 Å². The molecule has 1 aliphatic heterocycles. The SMILES string of the molecule is CC(=O)N[C@H]1[C@H](O[C@@H]2CC[C@H]3[C@@H]4CCc5cc(O)ccc5[C@H]4CC[C@]23C)O[C@H](CO)[C@@H](O)[C@@H]1O. The fraction of sp³-hybridized carbons (Fsp3) is 0.731. The maximum absolute atomic E-state index is 11.8. The molecule has 1 heterocycles. The third-order valence-corrected chi connectivity index (χ3v) is 9.17. The van der Waals surface area contributed by atoms with Crippen molar-refractivity contribution in [3.63, 3.8) is 0 Å². The van der Waals surface area contributed by atoms with Crippen LogP contribution >= 0.6 is 0 Å². The Morgan fingerprint density at radius 2 is 2.00 bits per heavy atom. The standard InChI is InChI=1S/C26H37NO7/c1-13(29)27-22-24(32)23(31)20(12-28)33-25(22)34-21-8-7-19-18-5-3-14-11-15(30)4-6-16(14)17(18)9-10-26(19,21)2/h4,6,11,17-25,28,30-32H,3,5,7-10,12H2,1-2H3,(H,27,29)/t17-,18-,19+,20-,21-,22-,23-,24-,25+,26+/m1/s1. The highest BCUT2D eigenvalue weighted by molar-refractivity contribution is 5.73. The van der Waals surface area contributed by atoms with Crippen LogP contribution in [-0.4, -0.2) is 69.7 Å². The van der Waals surface area contributed by atoms with Gasteiger partial charge in [0.25, 0.3) is 0 Å². The molecule has 8 heteroatoms. The second-order valence-electron chi connectivity index (χ2n) is 11.0. The van der Waals surface area contributed by atoms with E-state index in [0.717, 1.165) is 38.5 Å². The van der Waals surface area contributed by atoms with E-state index in [1.807, 2.05) is 6.07 Å². The molecule has 10 atom stereocenters. The summed E-state index contributed by atoms with van der Waals surface area (Å²) in [7, 11) is 0. The highest BCUT2D eigenvalue weighted by Gasteiger charge is 2.57. The number of rotatable bonds is 4. The molecule has 0 bridgehead atoms. The number of aromatic hydroxyl groups is 1. The molecular formula is C26H37NO7. The van der Waals surface area contributed by atoms with Gasteiger partial charge < -0.3 is 35.2 Å². The first-order valence-corrected chi connectivity index (χ1v) is 12.6. The van der Waals surface area contributed by atoms with E-state index in [1.54, 1.807) is 6.07 Å². The highest BCUT2D eigenvalue weighted by Crippen LogP contribution is 2.61. The van der Waals surface area contributed by atoms with Gasteiger partial charge >= 0.3 is 0 Å². The van der Waals surface area contributed by atoms with E-state index in [1.165, 1.54) is 18.1 Å². The number of hydrogen-bond donors (Lipinski definition) is 5. The number of ether oxygens (including phenoxy) is 2. The predicted octanol–water partition coefficient (Wildman–Crippen LogP) is 1.58. The van der Waals surface area contributed by atoms with Gasteiger partial charge in [-0.05, 0) is 85.0 Å². The molecule has 1 aromatic carbocycles. The first kappa shape index (κ1) is 24.0. The second-order valence-corrected chi connectivity index (χ2v) is 11.0. The summed E-state index contributed by atoms with van der Waals surface area (Å²) in [6.45, 7) is 3.19. The molecule has 5 N–H and O–H groups in total. The van der Waals surface area contributed by atoms with Crippen molar-refractivity contribution in [3.05, 3.63) is 29.3 Å². The Hall–Kier alpha value is -1.71. The first-order chi connectivity index (χ1) is 16.2. The number of benzene rings is 1. The Kier molecular flexibility index (Phi) is 6.40. The van der Waals surface area contributed by atoms with Crippen LogP contribution in [0.5, 0.6) is 5.75 Å². The second kappa shape index (κ2) is 9.06. The molecule has 4 aliphatic rings. The Morgan fingerprint density at radius 1 is 1.21 bits per heavy atom. The van der Waals surface area contributed by atoms with Gasteiger partial charge in [-0.25, -0.2) is 0 Å². The van der Waals surface area contributed by atoms with Crippen LogP contribution in [0.15, 0.2) is 18.2 Å². The molecule has 3 fully saturated rings. The zero-order valence-corrected chi connectivity index (χ0v) is 19.9. The minimum absolute atomic E-state index is 0.0601. The van der Waals surface area contributed by atoms with Crippen molar-refractivity contribution < 1.29 is 34.7 Å². The lowest BCUT2D eigenvalue weighted by atomic mass is 9.55. The van der Waals surface area contributed by atoms with Gasteiger partial charge in [-0.3, -0.25) is 4.79 Å². The van der Waals surface area contributed by atoms with Crippen LogP contribution in [0.3, 0.4) is 0 Å². The van der Waals surface area contributed by atoms with E-state index < -0.39 is 37.3 Å². The summed E-state index contributed by atoms with van der Waals surface area (Å²) < 4.78 is 12.4. The molecule has 34 heavy (non-hydrogen) atoms. The fourth-order valence-corrected chi connectivity index (χ4v) is 7.49. The molecule has 0 aromatic heterocycles.